The molecule has 1 atom stereocenters. The summed E-state index contributed by atoms with van der Waals surface area (Å²) in [5.41, 5.74) is 3.17. The van der Waals surface area contributed by atoms with E-state index in [4.69, 9.17) is 0 Å². The molecule has 1 N–H and O–H groups in total. The number of hydrogen-bond donors (Lipinski definition) is 1. The summed E-state index contributed by atoms with van der Waals surface area (Å²) in [4.78, 5) is 15.4. The van der Waals surface area contributed by atoms with Crippen molar-refractivity contribution in [2.24, 2.45) is 0 Å². The van der Waals surface area contributed by atoms with Gasteiger partial charge in [0.25, 0.3) is 0 Å². The molecule has 3 aromatic rings. The number of nitrogens with zero attached hydrogens (tertiary/aromatic N) is 2. The fourth-order valence-corrected chi connectivity index (χ4v) is 2.65. The number of allylic oxidation sites excluding steroid dienone is 1. The van der Waals surface area contributed by atoms with Crippen LogP contribution in [0.1, 0.15) is 24.4 Å². The van der Waals surface area contributed by atoms with Gasteiger partial charge in [-0.15, -0.1) is 0 Å². The van der Waals surface area contributed by atoms with Crippen molar-refractivity contribution in [3.8, 4) is 0 Å². The zero-order valence-corrected chi connectivity index (χ0v) is 13.0. The maximum Gasteiger partial charge on any atom is 0.207 e. The summed E-state index contributed by atoms with van der Waals surface area (Å²) in [6, 6.07) is 18.1. The van der Waals surface area contributed by atoms with Crippen LogP contribution in [-0.2, 0) is 11.3 Å². The van der Waals surface area contributed by atoms with E-state index in [-0.39, 0.29) is 6.04 Å². The summed E-state index contributed by atoms with van der Waals surface area (Å²) >= 11 is 0. The van der Waals surface area contributed by atoms with Gasteiger partial charge in [-0.2, -0.15) is 0 Å². The number of fused-ring (bicyclic) bond motifs is 1. The highest BCUT2D eigenvalue weighted by atomic mass is 16.1. The summed E-state index contributed by atoms with van der Waals surface area (Å²) in [5, 5.41) is 2.78. The van der Waals surface area contributed by atoms with Gasteiger partial charge in [0.15, 0.2) is 0 Å². The van der Waals surface area contributed by atoms with Crippen LogP contribution in [0.3, 0.4) is 0 Å². The van der Waals surface area contributed by atoms with E-state index in [1.807, 2.05) is 43.3 Å². The number of nitrogens with one attached hydrogen (secondary N) is 1. The zero-order chi connectivity index (χ0) is 16.1. The molecule has 0 aliphatic heterocycles. The third-order valence-corrected chi connectivity index (χ3v) is 3.79. The number of carbonyl (C=O) groups excluding carboxylic acids is 1. The first-order valence-electron chi connectivity index (χ1n) is 7.66. The van der Waals surface area contributed by atoms with E-state index in [2.05, 4.69) is 45.2 Å². The third kappa shape index (κ3) is 3.31. The van der Waals surface area contributed by atoms with Crippen molar-refractivity contribution in [3.63, 3.8) is 0 Å². The van der Waals surface area contributed by atoms with Crippen LogP contribution >= 0.6 is 0 Å². The molecule has 0 fully saturated rings. The molecule has 0 saturated heterocycles. The van der Waals surface area contributed by atoms with Gasteiger partial charge in [0.1, 0.15) is 5.82 Å². The Kier molecular flexibility index (Phi) is 4.52. The average Bonchev–Trinajstić information content (AvgIpc) is 2.95. The van der Waals surface area contributed by atoms with Crippen LogP contribution in [0.15, 0.2) is 60.7 Å². The van der Waals surface area contributed by atoms with E-state index in [1.54, 1.807) is 0 Å². The van der Waals surface area contributed by atoms with E-state index in [0.29, 0.717) is 13.0 Å². The van der Waals surface area contributed by atoms with Gasteiger partial charge in [-0.3, -0.25) is 4.79 Å². The van der Waals surface area contributed by atoms with Gasteiger partial charge in [-0.1, -0.05) is 54.6 Å². The van der Waals surface area contributed by atoms with Crippen LogP contribution in [-0.4, -0.2) is 16.0 Å². The van der Waals surface area contributed by atoms with E-state index in [9.17, 15) is 4.79 Å². The van der Waals surface area contributed by atoms with Crippen LogP contribution in [0.4, 0.5) is 0 Å². The molecule has 0 aliphatic rings. The van der Waals surface area contributed by atoms with E-state index < -0.39 is 0 Å². The summed E-state index contributed by atoms with van der Waals surface area (Å²) in [5.74, 6) is 0.857. The predicted molar refractivity (Wildman–Crippen MR) is 92.8 cm³/mol. The lowest BCUT2D eigenvalue weighted by molar-refractivity contribution is -0.110. The first kappa shape index (κ1) is 15.0. The number of carbonyl (C=O) groups is 1. The summed E-state index contributed by atoms with van der Waals surface area (Å²) in [6.45, 7) is 2.64. The van der Waals surface area contributed by atoms with Crippen LogP contribution in [0.2, 0.25) is 0 Å². The van der Waals surface area contributed by atoms with Gasteiger partial charge in [-0.05, 0) is 24.6 Å². The molecule has 1 unspecified atom stereocenters. The Balaban J connectivity index is 1.93. The fraction of sp³-hybridized carbons (Fsp3) is 0.158. The van der Waals surface area contributed by atoms with Gasteiger partial charge >= 0.3 is 0 Å². The highest BCUT2D eigenvalue weighted by molar-refractivity contribution is 5.76. The van der Waals surface area contributed by atoms with Gasteiger partial charge in [-0.25, -0.2) is 4.98 Å². The molecule has 4 heteroatoms. The van der Waals surface area contributed by atoms with Crippen molar-refractivity contribution in [3.05, 3.63) is 72.1 Å². The normalized spacial score (nSPS) is 12.6. The van der Waals surface area contributed by atoms with Crippen molar-refractivity contribution in [2.75, 3.05) is 0 Å². The van der Waals surface area contributed by atoms with Crippen molar-refractivity contribution in [1.29, 1.82) is 0 Å². The first-order chi connectivity index (χ1) is 11.3. The molecule has 1 heterocycles. The Morgan fingerprint density at radius 3 is 2.65 bits per heavy atom. The fourth-order valence-electron chi connectivity index (χ4n) is 2.65. The topological polar surface area (TPSA) is 46.9 Å². The van der Waals surface area contributed by atoms with Crippen molar-refractivity contribution in [1.82, 2.24) is 14.9 Å². The Morgan fingerprint density at radius 1 is 1.13 bits per heavy atom. The molecular formula is C19H19N3O. The second-order valence-corrected chi connectivity index (χ2v) is 5.39. The van der Waals surface area contributed by atoms with Crippen molar-refractivity contribution in [2.45, 2.75) is 19.5 Å². The second kappa shape index (κ2) is 6.92. The number of rotatable bonds is 6. The van der Waals surface area contributed by atoms with Gasteiger partial charge in [0, 0.05) is 6.54 Å². The Bertz CT molecular complexity index is 821. The van der Waals surface area contributed by atoms with Crippen LogP contribution in [0.25, 0.3) is 17.1 Å². The minimum atomic E-state index is -0.134. The number of aromatic nitrogens is 2. The number of para-hydroxylation sites is 2. The number of amides is 1. The molecule has 2 aromatic carbocycles. The molecule has 23 heavy (non-hydrogen) atoms. The van der Waals surface area contributed by atoms with E-state index in [1.165, 1.54) is 0 Å². The first-order valence-corrected chi connectivity index (χ1v) is 7.66. The van der Waals surface area contributed by atoms with E-state index in [0.717, 1.165) is 22.4 Å². The molecule has 116 valence electrons. The Morgan fingerprint density at radius 2 is 1.87 bits per heavy atom. The van der Waals surface area contributed by atoms with Crippen LogP contribution < -0.4 is 5.32 Å². The van der Waals surface area contributed by atoms with Crippen LogP contribution in [0.5, 0.6) is 0 Å². The largest absolute Gasteiger partial charge is 0.349 e. The molecule has 1 amide bonds. The quantitative estimate of drug-likeness (QED) is 0.708. The Hall–Kier alpha value is -2.88. The summed E-state index contributed by atoms with van der Waals surface area (Å²) in [7, 11) is 0. The smallest absolute Gasteiger partial charge is 0.207 e. The van der Waals surface area contributed by atoms with Crippen LogP contribution in [0, 0.1) is 0 Å². The molecule has 0 bridgehead atoms. The molecule has 0 aliphatic carbocycles. The maximum atomic E-state index is 10.8. The zero-order valence-electron chi connectivity index (χ0n) is 13.0. The summed E-state index contributed by atoms with van der Waals surface area (Å²) in [6.07, 6.45) is 4.92. The predicted octanol–water partition coefficient (Wildman–Crippen LogP) is 3.56. The standard InChI is InChI=1S/C19H19N3O/c1-15(20-14-23)19-21-17-11-5-6-12-18(17)22(19)13-7-10-16-8-3-2-4-9-16/h2-12,14-15H,13H2,1H3,(H,20,23). The highest BCUT2D eigenvalue weighted by Crippen LogP contribution is 2.20. The molecule has 0 saturated carbocycles. The molecule has 1 aromatic heterocycles. The SMILES string of the molecule is CC(NC=O)c1nc2ccccc2n1CC=Cc1ccccc1. The monoisotopic (exact) mass is 305 g/mol. The number of imidazole rings is 1. The molecule has 3 rings (SSSR count). The van der Waals surface area contributed by atoms with Gasteiger partial charge < -0.3 is 9.88 Å². The molecule has 0 spiro atoms. The lowest BCUT2D eigenvalue weighted by Gasteiger charge is -2.12. The van der Waals surface area contributed by atoms with Gasteiger partial charge in [0.2, 0.25) is 6.41 Å². The minimum Gasteiger partial charge on any atom is -0.349 e. The lowest BCUT2D eigenvalue weighted by atomic mass is 10.2. The molecule has 4 nitrogen and oxygen atoms in total. The number of benzene rings is 2. The minimum absolute atomic E-state index is 0.134. The Labute approximate surface area is 135 Å². The second-order valence-electron chi connectivity index (χ2n) is 5.39. The maximum absolute atomic E-state index is 10.8. The van der Waals surface area contributed by atoms with Crippen molar-refractivity contribution < 1.29 is 4.79 Å². The lowest BCUT2D eigenvalue weighted by Crippen LogP contribution is -2.20. The molecule has 0 radical (unpaired) electrons. The molecular weight excluding hydrogens is 286 g/mol. The highest BCUT2D eigenvalue weighted by Gasteiger charge is 2.14. The third-order valence-electron chi connectivity index (χ3n) is 3.79. The number of hydrogen-bond acceptors (Lipinski definition) is 2. The van der Waals surface area contributed by atoms with E-state index >= 15 is 0 Å². The summed E-state index contributed by atoms with van der Waals surface area (Å²) < 4.78 is 2.13. The average molecular weight is 305 g/mol. The van der Waals surface area contributed by atoms with Crippen molar-refractivity contribution >= 4 is 23.5 Å². The van der Waals surface area contributed by atoms with Gasteiger partial charge in [0.05, 0.1) is 17.1 Å².